The van der Waals surface area contributed by atoms with Crippen LogP contribution in [0.4, 0.5) is 13.2 Å². The van der Waals surface area contributed by atoms with Gasteiger partial charge in [0.1, 0.15) is 11.3 Å². The monoisotopic (exact) mass is 587 g/mol. The maximum atomic E-state index is 14.2. The quantitative estimate of drug-likeness (QED) is 0.318. The topological polar surface area (TPSA) is 100 Å². The summed E-state index contributed by atoms with van der Waals surface area (Å²) in [5.74, 6) is 0.0273. The predicted octanol–water partition coefficient (Wildman–Crippen LogP) is 4.49. The molecule has 3 aromatic heterocycles. The molecule has 1 aliphatic rings. The molecule has 9 nitrogen and oxygen atoms in total. The van der Waals surface area contributed by atoms with Crippen molar-refractivity contribution < 1.29 is 32.6 Å². The van der Waals surface area contributed by atoms with E-state index in [1.165, 1.54) is 32.3 Å². The van der Waals surface area contributed by atoms with Gasteiger partial charge >= 0.3 is 6.18 Å². The zero-order chi connectivity index (χ0) is 29.5. The van der Waals surface area contributed by atoms with Gasteiger partial charge in [-0.2, -0.15) is 18.3 Å². The molecular formula is C28H28F3N5O4S. The summed E-state index contributed by atoms with van der Waals surface area (Å²) in [7, 11) is 1.49. The van der Waals surface area contributed by atoms with Crippen molar-refractivity contribution in [2.45, 2.75) is 26.1 Å². The molecule has 216 valence electrons. The number of alkyl halides is 3. The summed E-state index contributed by atoms with van der Waals surface area (Å²) < 4.78 is 48.6. The van der Waals surface area contributed by atoms with Gasteiger partial charge in [0.2, 0.25) is 0 Å². The van der Waals surface area contributed by atoms with Crippen LogP contribution in [0.5, 0.6) is 5.75 Å². The number of fused-ring (bicyclic) bond motifs is 1. The van der Waals surface area contributed by atoms with Crippen LogP contribution in [0, 0.1) is 6.92 Å². The first-order valence-electron chi connectivity index (χ1n) is 12.9. The summed E-state index contributed by atoms with van der Waals surface area (Å²) in [6, 6.07) is 9.73. The normalized spacial score (nSPS) is 15.3. The molecule has 1 saturated heterocycles. The minimum atomic E-state index is -4.74. The molecule has 0 saturated carbocycles. The number of ketones is 1. The Morgan fingerprint density at radius 2 is 1.78 bits per heavy atom. The van der Waals surface area contributed by atoms with E-state index in [2.05, 4.69) is 10.1 Å². The highest BCUT2D eigenvalue weighted by molar-refractivity contribution is 7.14. The predicted molar refractivity (Wildman–Crippen MR) is 146 cm³/mol. The second-order valence-electron chi connectivity index (χ2n) is 9.74. The number of aromatic nitrogens is 3. The second-order valence-corrected chi connectivity index (χ2v) is 10.9. The van der Waals surface area contributed by atoms with Crippen LogP contribution < -0.4 is 4.74 Å². The number of carbonyl (C=O) groups is 2. The molecule has 1 aliphatic heterocycles. The fourth-order valence-electron chi connectivity index (χ4n) is 5.10. The molecule has 0 bridgehead atoms. The van der Waals surface area contributed by atoms with Gasteiger partial charge in [-0.3, -0.25) is 14.5 Å². The van der Waals surface area contributed by atoms with E-state index >= 15 is 0 Å². The number of amides is 1. The van der Waals surface area contributed by atoms with Gasteiger partial charge < -0.3 is 14.7 Å². The second kappa shape index (κ2) is 11.2. The number of aliphatic hydroxyl groups excluding tert-OH is 1. The van der Waals surface area contributed by atoms with E-state index in [0.29, 0.717) is 46.9 Å². The smallest absolute Gasteiger partial charge is 0.433 e. The number of rotatable bonds is 7. The van der Waals surface area contributed by atoms with Gasteiger partial charge in [-0.25, -0.2) is 9.50 Å². The van der Waals surface area contributed by atoms with Crippen LogP contribution in [0.2, 0.25) is 0 Å². The number of Topliss-reactive ketones (excluding diaryl/α,β-unsaturated/α-hetero) is 1. The molecule has 0 radical (unpaired) electrons. The molecule has 13 heteroatoms. The Balaban J connectivity index is 1.43. The third kappa shape index (κ3) is 5.44. The molecule has 4 aromatic rings. The molecule has 5 rings (SSSR count). The average molecular weight is 588 g/mol. The molecule has 1 atom stereocenters. The molecule has 1 N–H and O–H groups in total. The average Bonchev–Trinajstić information content (AvgIpc) is 3.60. The minimum Gasteiger partial charge on any atom is -0.497 e. The number of nitrogens with zero attached hydrogens (tertiary/aromatic N) is 5. The lowest BCUT2D eigenvalue weighted by Gasteiger charge is -2.38. The largest absolute Gasteiger partial charge is 0.497 e. The van der Waals surface area contributed by atoms with Crippen LogP contribution in [-0.2, 0) is 6.18 Å². The van der Waals surface area contributed by atoms with E-state index in [0.717, 1.165) is 11.1 Å². The Morgan fingerprint density at radius 1 is 1.10 bits per heavy atom. The molecule has 0 spiro atoms. The molecule has 1 aromatic carbocycles. The van der Waals surface area contributed by atoms with Gasteiger partial charge in [-0.15, -0.1) is 11.3 Å². The molecule has 1 amide bonds. The van der Waals surface area contributed by atoms with Gasteiger partial charge in [0.25, 0.3) is 5.91 Å². The standard InChI is InChI=1S/C28H28F3N5O4S/c1-16-24(18-4-6-19(40-3)7-5-18)33-26-20(14-32-36(26)25(16)28(29,30)31)27(39)35-12-10-34(11-13-35)21(15-37)23-9-8-22(41-23)17(2)38/h4-9,14,21,37H,10-13,15H2,1-3H3/t21-/m1/s1. The summed E-state index contributed by atoms with van der Waals surface area (Å²) in [5.41, 5.74) is -0.766. The van der Waals surface area contributed by atoms with Crippen molar-refractivity contribution in [3.8, 4) is 17.0 Å². The van der Waals surface area contributed by atoms with Crippen molar-refractivity contribution in [2.75, 3.05) is 39.9 Å². The Labute approximate surface area is 237 Å². The first-order chi connectivity index (χ1) is 19.5. The molecule has 0 aliphatic carbocycles. The number of aliphatic hydroxyl groups is 1. The number of hydrogen-bond acceptors (Lipinski definition) is 8. The number of benzene rings is 1. The Hall–Kier alpha value is -3.81. The minimum absolute atomic E-state index is 0.0261. The third-order valence-corrected chi connectivity index (χ3v) is 8.55. The fourth-order valence-corrected chi connectivity index (χ4v) is 6.13. The number of ether oxygens (including phenoxy) is 1. The number of piperazine rings is 1. The van der Waals surface area contributed by atoms with Crippen LogP contribution in [0.25, 0.3) is 16.9 Å². The number of thiophene rings is 1. The first-order valence-corrected chi connectivity index (χ1v) is 13.7. The lowest BCUT2D eigenvalue weighted by atomic mass is 10.0. The maximum Gasteiger partial charge on any atom is 0.433 e. The molecule has 0 unspecified atom stereocenters. The summed E-state index contributed by atoms with van der Waals surface area (Å²) in [6.07, 6.45) is -3.61. The summed E-state index contributed by atoms with van der Waals surface area (Å²) in [5, 5.41) is 14.0. The summed E-state index contributed by atoms with van der Waals surface area (Å²) >= 11 is 1.33. The van der Waals surface area contributed by atoms with Crippen LogP contribution in [0.1, 0.15) is 49.1 Å². The van der Waals surface area contributed by atoms with Crippen LogP contribution >= 0.6 is 11.3 Å². The van der Waals surface area contributed by atoms with Crippen LogP contribution in [0.15, 0.2) is 42.6 Å². The Morgan fingerprint density at radius 3 is 2.34 bits per heavy atom. The lowest BCUT2D eigenvalue weighted by Crippen LogP contribution is -2.50. The zero-order valence-corrected chi connectivity index (χ0v) is 23.4. The van der Waals surface area contributed by atoms with E-state index in [9.17, 15) is 27.9 Å². The Bertz CT molecular complexity index is 1590. The molecular weight excluding hydrogens is 559 g/mol. The number of carbonyl (C=O) groups excluding carboxylic acids is 2. The van der Waals surface area contributed by atoms with Crippen LogP contribution in [-0.4, -0.2) is 81.1 Å². The van der Waals surface area contributed by atoms with Crippen molar-refractivity contribution in [1.82, 2.24) is 24.4 Å². The molecule has 41 heavy (non-hydrogen) atoms. The summed E-state index contributed by atoms with van der Waals surface area (Å²) in [4.78, 5) is 34.8. The fraction of sp³-hybridized carbons (Fsp3) is 0.357. The maximum absolute atomic E-state index is 14.2. The van der Waals surface area contributed by atoms with Gasteiger partial charge in [0.05, 0.1) is 36.5 Å². The molecule has 1 fully saturated rings. The van der Waals surface area contributed by atoms with E-state index in [1.54, 1.807) is 35.2 Å². The third-order valence-electron chi connectivity index (χ3n) is 7.26. The van der Waals surface area contributed by atoms with E-state index in [-0.39, 0.29) is 40.9 Å². The number of hydrogen-bond donors (Lipinski definition) is 1. The van der Waals surface area contributed by atoms with Gasteiger partial charge in [0.15, 0.2) is 17.1 Å². The van der Waals surface area contributed by atoms with Crippen LogP contribution in [0.3, 0.4) is 0 Å². The van der Waals surface area contributed by atoms with Gasteiger partial charge in [-0.05, 0) is 50.2 Å². The highest BCUT2D eigenvalue weighted by Crippen LogP contribution is 2.37. The molecule has 4 heterocycles. The van der Waals surface area contributed by atoms with Crippen molar-refractivity contribution in [3.05, 3.63) is 69.2 Å². The SMILES string of the molecule is COc1ccc(-c2nc3c(C(=O)N4CCN([C@H](CO)c5ccc(C(C)=O)s5)CC4)cnn3c(C(F)(F)F)c2C)cc1. The van der Waals surface area contributed by atoms with Gasteiger partial charge in [-0.1, -0.05) is 0 Å². The number of methoxy groups -OCH3 is 1. The summed E-state index contributed by atoms with van der Waals surface area (Å²) in [6.45, 7) is 4.12. The van der Waals surface area contributed by atoms with E-state index in [4.69, 9.17) is 4.74 Å². The van der Waals surface area contributed by atoms with E-state index in [1.807, 2.05) is 11.0 Å². The lowest BCUT2D eigenvalue weighted by molar-refractivity contribution is -0.143. The Kier molecular flexibility index (Phi) is 7.86. The van der Waals surface area contributed by atoms with Crippen molar-refractivity contribution >= 4 is 28.7 Å². The highest BCUT2D eigenvalue weighted by atomic mass is 32.1. The van der Waals surface area contributed by atoms with Gasteiger partial charge in [0, 0.05) is 42.2 Å². The van der Waals surface area contributed by atoms with Crippen molar-refractivity contribution in [3.63, 3.8) is 0 Å². The van der Waals surface area contributed by atoms with Crippen molar-refractivity contribution in [2.24, 2.45) is 0 Å². The number of halogens is 3. The zero-order valence-electron chi connectivity index (χ0n) is 22.6. The van der Waals surface area contributed by atoms with Crippen molar-refractivity contribution in [1.29, 1.82) is 0 Å². The van der Waals surface area contributed by atoms with E-state index < -0.39 is 17.8 Å². The highest BCUT2D eigenvalue weighted by Gasteiger charge is 2.39. The first kappa shape index (κ1) is 28.7.